The molecule has 0 fully saturated rings. The molecule has 0 atom stereocenters. The Hall–Kier alpha value is -2.89. The minimum Gasteiger partial charge on any atom is -0.399 e. The minimum absolute atomic E-state index is 0.314. The molecule has 0 aliphatic heterocycles. The first kappa shape index (κ1) is 12.6. The second-order valence-corrected chi connectivity index (χ2v) is 4.19. The molecule has 0 aliphatic carbocycles. The zero-order valence-corrected chi connectivity index (χ0v) is 10.2. The van der Waals surface area contributed by atoms with E-state index in [2.05, 4.69) is 5.32 Å². The van der Waals surface area contributed by atoms with Gasteiger partial charge in [-0.05, 0) is 36.4 Å². The number of carbonyl (C=O) groups excluding carboxylic acids is 1. The number of nitrogens with one attached hydrogen (secondary N) is 1. The minimum atomic E-state index is -0.345. The van der Waals surface area contributed by atoms with E-state index >= 15 is 0 Å². The molecule has 1 amide bonds. The lowest BCUT2D eigenvalue weighted by Gasteiger charge is -2.09. The molecule has 6 heteroatoms. The lowest BCUT2D eigenvalue weighted by atomic mass is 10.1. The number of hydrogen-bond acceptors (Lipinski definition) is 5. The first-order valence-corrected chi connectivity index (χ1v) is 5.58. The highest BCUT2D eigenvalue weighted by Crippen LogP contribution is 2.21. The molecule has 0 spiro atoms. The van der Waals surface area contributed by atoms with E-state index in [1.54, 1.807) is 30.3 Å². The van der Waals surface area contributed by atoms with Crippen molar-refractivity contribution in [3.63, 3.8) is 0 Å². The molecule has 0 unspecified atom stereocenters. The number of nitrogen functional groups attached to an aromatic ring is 4. The lowest BCUT2D eigenvalue weighted by Crippen LogP contribution is -2.14. The Balaban J connectivity index is 2.25. The van der Waals surface area contributed by atoms with Crippen LogP contribution in [0.3, 0.4) is 0 Å². The lowest BCUT2D eigenvalue weighted by molar-refractivity contribution is 0.102. The standard InChI is InChI=1S/C13H15N5O/c14-7-1-2-11(12(17)6-7)13(19)18-10-4-8(15)3-9(16)5-10/h1-6H,14-17H2,(H,18,19). The van der Waals surface area contributed by atoms with Gasteiger partial charge in [0.2, 0.25) is 0 Å². The molecule has 0 aliphatic rings. The summed E-state index contributed by atoms with van der Waals surface area (Å²) >= 11 is 0. The highest BCUT2D eigenvalue weighted by molar-refractivity contribution is 6.08. The van der Waals surface area contributed by atoms with Crippen LogP contribution in [0.2, 0.25) is 0 Å². The molecule has 0 aromatic heterocycles. The van der Waals surface area contributed by atoms with Crippen LogP contribution in [0.4, 0.5) is 28.4 Å². The average Bonchev–Trinajstić information content (AvgIpc) is 2.26. The second-order valence-electron chi connectivity index (χ2n) is 4.19. The summed E-state index contributed by atoms with van der Waals surface area (Å²) in [6.45, 7) is 0. The van der Waals surface area contributed by atoms with Gasteiger partial charge in [0.1, 0.15) is 0 Å². The van der Waals surface area contributed by atoms with Crippen molar-refractivity contribution in [3.05, 3.63) is 42.0 Å². The molecule has 2 aromatic carbocycles. The van der Waals surface area contributed by atoms with E-state index in [1.807, 2.05) is 0 Å². The van der Waals surface area contributed by atoms with Gasteiger partial charge in [-0.25, -0.2) is 0 Å². The Morgan fingerprint density at radius 3 is 2.05 bits per heavy atom. The third kappa shape index (κ3) is 2.86. The molecule has 9 N–H and O–H groups in total. The summed E-state index contributed by atoms with van der Waals surface area (Å²) < 4.78 is 0. The molecular formula is C13H15N5O. The van der Waals surface area contributed by atoms with E-state index in [-0.39, 0.29) is 5.91 Å². The summed E-state index contributed by atoms with van der Waals surface area (Å²) in [4.78, 5) is 12.1. The van der Waals surface area contributed by atoms with Crippen molar-refractivity contribution in [2.75, 3.05) is 28.3 Å². The number of benzene rings is 2. The molecule has 98 valence electrons. The smallest absolute Gasteiger partial charge is 0.257 e. The fourth-order valence-electron chi connectivity index (χ4n) is 1.74. The predicted molar refractivity (Wildman–Crippen MR) is 78.5 cm³/mol. The molecule has 0 saturated carbocycles. The maximum absolute atomic E-state index is 12.1. The van der Waals surface area contributed by atoms with Gasteiger partial charge in [0.05, 0.1) is 5.56 Å². The molecule has 19 heavy (non-hydrogen) atoms. The van der Waals surface area contributed by atoms with Crippen molar-refractivity contribution in [1.29, 1.82) is 0 Å². The number of rotatable bonds is 2. The summed E-state index contributed by atoms with van der Waals surface area (Å²) in [5.74, 6) is -0.345. The number of amides is 1. The quantitative estimate of drug-likeness (QED) is 0.516. The Morgan fingerprint density at radius 1 is 0.842 bits per heavy atom. The number of nitrogens with two attached hydrogens (primary N) is 4. The highest BCUT2D eigenvalue weighted by atomic mass is 16.1. The second kappa shape index (κ2) is 4.77. The molecule has 2 aromatic rings. The van der Waals surface area contributed by atoms with Gasteiger partial charge in [0.15, 0.2) is 0 Å². The zero-order valence-electron chi connectivity index (χ0n) is 10.2. The summed E-state index contributed by atoms with van der Waals surface area (Å²) in [6, 6.07) is 9.54. The van der Waals surface area contributed by atoms with Crippen molar-refractivity contribution in [1.82, 2.24) is 0 Å². The third-order valence-electron chi connectivity index (χ3n) is 2.56. The molecule has 2 rings (SSSR count). The van der Waals surface area contributed by atoms with Crippen LogP contribution in [0.5, 0.6) is 0 Å². The van der Waals surface area contributed by atoms with E-state index in [9.17, 15) is 4.79 Å². The van der Waals surface area contributed by atoms with Crippen molar-refractivity contribution in [2.45, 2.75) is 0 Å². The van der Waals surface area contributed by atoms with Gasteiger partial charge in [-0.1, -0.05) is 0 Å². The topological polar surface area (TPSA) is 133 Å². The van der Waals surface area contributed by atoms with Crippen molar-refractivity contribution >= 4 is 34.3 Å². The molecular weight excluding hydrogens is 242 g/mol. The van der Waals surface area contributed by atoms with Gasteiger partial charge in [0, 0.05) is 28.4 Å². The maximum Gasteiger partial charge on any atom is 0.257 e. The Labute approximate surface area is 110 Å². The summed E-state index contributed by atoms with van der Waals surface area (Å²) in [7, 11) is 0. The molecule has 6 nitrogen and oxygen atoms in total. The zero-order chi connectivity index (χ0) is 14.0. The average molecular weight is 257 g/mol. The first-order chi connectivity index (χ1) is 8.95. The highest BCUT2D eigenvalue weighted by Gasteiger charge is 2.10. The fraction of sp³-hybridized carbons (Fsp3) is 0. The van der Waals surface area contributed by atoms with E-state index < -0.39 is 0 Å². The van der Waals surface area contributed by atoms with Crippen molar-refractivity contribution < 1.29 is 4.79 Å². The molecule has 0 bridgehead atoms. The molecule has 0 heterocycles. The van der Waals surface area contributed by atoms with Gasteiger partial charge in [0.25, 0.3) is 5.91 Å². The van der Waals surface area contributed by atoms with Gasteiger partial charge in [-0.15, -0.1) is 0 Å². The van der Waals surface area contributed by atoms with E-state index in [0.29, 0.717) is 34.0 Å². The molecule has 0 saturated heterocycles. The van der Waals surface area contributed by atoms with E-state index in [4.69, 9.17) is 22.9 Å². The molecule has 0 radical (unpaired) electrons. The third-order valence-corrected chi connectivity index (χ3v) is 2.56. The van der Waals surface area contributed by atoms with Gasteiger partial charge in [-0.3, -0.25) is 4.79 Å². The van der Waals surface area contributed by atoms with Crippen molar-refractivity contribution in [2.24, 2.45) is 0 Å². The Bertz CT molecular complexity index is 619. The SMILES string of the molecule is Nc1cc(N)cc(NC(=O)c2ccc(N)cc2N)c1. The fourth-order valence-corrected chi connectivity index (χ4v) is 1.74. The van der Waals surface area contributed by atoms with Crippen LogP contribution in [0.15, 0.2) is 36.4 Å². The normalized spacial score (nSPS) is 10.1. The van der Waals surface area contributed by atoms with Gasteiger partial charge >= 0.3 is 0 Å². The first-order valence-electron chi connectivity index (χ1n) is 5.58. The Morgan fingerprint density at radius 2 is 1.47 bits per heavy atom. The van der Waals surface area contributed by atoms with E-state index in [1.165, 1.54) is 6.07 Å². The summed E-state index contributed by atoms with van der Waals surface area (Å²) in [5.41, 5.74) is 25.2. The van der Waals surface area contributed by atoms with Crippen LogP contribution in [0, 0.1) is 0 Å². The summed E-state index contributed by atoms with van der Waals surface area (Å²) in [5, 5.41) is 2.68. The monoisotopic (exact) mass is 257 g/mol. The number of hydrogen-bond donors (Lipinski definition) is 5. The van der Waals surface area contributed by atoms with Crippen LogP contribution < -0.4 is 28.3 Å². The Kier molecular flexibility index (Phi) is 3.15. The predicted octanol–water partition coefficient (Wildman–Crippen LogP) is 1.27. The van der Waals surface area contributed by atoms with Crippen LogP contribution in [-0.2, 0) is 0 Å². The van der Waals surface area contributed by atoms with E-state index in [0.717, 1.165) is 0 Å². The largest absolute Gasteiger partial charge is 0.399 e. The van der Waals surface area contributed by atoms with Crippen LogP contribution >= 0.6 is 0 Å². The van der Waals surface area contributed by atoms with Gasteiger partial charge in [-0.2, -0.15) is 0 Å². The number of anilines is 5. The number of carbonyl (C=O) groups is 1. The van der Waals surface area contributed by atoms with Gasteiger partial charge < -0.3 is 28.3 Å². The van der Waals surface area contributed by atoms with Crippen LogP contribution in [-0.4, -0.2) is 5.91 Å². The van der Waals surface area contributed by atoms with Crippen LogP contribution in [0.25, 0.3) is 0 Å². The van der Waals surface area contributed by atoms with Crippen LogP contribution in [0.1, 0.15) is 10.4 Å². The summed E-state index contributed by atoms with van der Waals surface area (Å²) in [6.07, 6.45) is 0. The maximum atomic E-state index is 12.1. The van der Waals surface area contributed by atoms with Crippen molar-refractivity contribution in [3.8, 4) is 0 Å².